The quantitative estimate of drug-likeness (QED) is 0.803. The van der Waals surface area contributed by atoms with Crippen LogP contribution in [0.15, 0.2) is 12.4 Å². The molecule has 0 spiro atoms. The molecule has 0 saturated carbocycles. The molecule has 0 bridgehead atoms. The molecule has 5 heteroatoms. The van der Waals surface area contributed by atoms with Gasteiger partial charge in [-0.1, -0.05) is 27.5 Å². The SMILES string of the molecule is Clc1cnc(N2CCCC(CCBr)C2)nc1. The molecular weight excluding hydrogens is 289 g/mol. The van der Waals surface area contributed by atoms with Crippen LogP contribution in [0.1, 0.15) is 19.3 Å². The Balaban J connectivity index is 2.01. The van der Waals surface area contributed by atoms with Crippen molar-refractivity contribution >= 4 is 33.5 Å². The van der Waals surface area contributed by atoms with Gasteiger partial charge in [0.1, 0.15) is 0 Å². The second kappa shape index (κ2) is 5.82. The Bertz CT molecular complexity index is 329. The smallest absolute Gasteiger partial charge is 0.225 e. The number of aromatic nitrogens is 2. The van der Waals surface area contributed by atoms with Gasteiger partial charge in [0.05, 0.1) is 17.4 Å². The van der Waals surface area contributed by atoms with Crippen molar-refractivity contribution in [1.82, 2.24) is 9.97 Å². The highest BCUT2D eigenvalue weighted by atomic mass is 79.9. The molecule has 2 rings (SSSR count). The van der Waals surface area contributed by atoms with Gasteiger partial charge in [0.2, 0.25) is 5.95 Å². The summed E-state index contributed by atoms with van der Waals surface area (Å²) in [5, 5.41) is 1.67. The second-order valence-electron chi connectivity index (χ2n) is 4.13. The number of rotatable bonds is 3. The Hall–Kier alpha value is -0.350. The van der Waals surface area contributed by atoms with E-state index in [4.69, 9.17) is 11.6 Å². The molecule has 1 unspecified atom stereocenters. The van der Waals surface area contributed by atoms with Crippen LogP contribution in [0.4, 0.5) is 5.95 Å². The van der Waals surface area contributed by atoms with Crippen molar-refractivity contribution in [2.24, 2.45) is 5.92 Å². The number of halogens is 2. The number of nitrogens with zero attached hydrogens (tertiary/aromatic N) is 3. The average molecular weight is 305 g/mol. The van der Waals surface area contributed by atoms with E-state index in [0.717, 1.165) is 30.3 Å². The zero-order valence-electron chi connectivity index (χ0n) is 9.07. The minimum atomic E-state index is 0.595. The highest BCUT2D eigenvalue weighted by molar-refractivity contribution is 9.09. The first-order chi connectivity index (χ1) is 7.79. The number of piperidine rings is 1. The van der Waals surface area contributed by atoms with Crippen LogP contribution in [0.5, 0.6) is 0 Å². The van der Waals surface area contributed by atoms with Crippen molar-refractivity contribution in [2.75, 3.05) is 23.3 Å². The van der Waals surface area contributed by atoms with E-state index in [1.165, 1.54) is 19.3 Å². The molecule has 2 heterocycles. The summed E-state index contributed by atoms with van der Waals surface area (Å²) in [5.74, 6) is 1.57. The Labute approximate surface area is 109 Å². The van der Waals surface area contributed by atoms with Gasteiger partial charge in [-0.05, 0) is 25.2 Å². The molecule has 1 atom stereocenters. The summed E-state index contributed by atoms with van der Waals surface area (Å²) >= 11 is 9.28. The summed E-state index contributed by atoms with van der Waals surface area (Å²) in [6, 6.07) is 0. The molecule has 1 aliphatic rings. The van der Waals surface area contributed by atoms with Gasteiger partial charge in [-0.25, -0.2) is 9.97 Å². The van der Waals surface area contributed by atoms with Crippen LogP contribution in [-0.4, -0.2) is 28.4 Å². The van der Waals surface area contributed by atoms with Crippen LogP contribution in [0, 0.1) is 5.92 Å². The monoisotopic (exact) mass is 303 g/mol. The molecule has 0 radical (unpaired) electrons. The maximum absolute atomic E-state index is 5.78. The van der Waals surface area contributed by atoms with E-state index in [1.54, 1.807) is 12.4 Å². The number of alkyl halides is 1. The molecular formula is C11H15BrClN3. The Kier molecular flexibility index (Phi) is 4.41. The van der Waals surface area contributed by atoms with Crippen LogP contribution < -0.4 is 4.90 Å². The van der Waals surface area contributed by atoms with Crippen LogP contribution >= 0.6 is 27.5 Å². The number of hydrogen-bond donors (Lipinski definition) is 0. The molecule has 0 N–H and O–H groups in total. The summed E-state index contributed by atoms with van der Waals surface area (Å²) < 4.78 is 0. The lowest BCUT2D eigenvalue weighted by Gasteiger charge is -2.32. The lowest BCUT2D eigenvalue weighted by Crippen LogP contribution is -2.36. The normalized spacial score (nSPS) is 21.1. The topological polar surface area (TPSA) is 29.0 Å². The van der Waals surface area contributed by atoms with Crippen molar-refractivity contribution in [2.45, 2.75) is 19.3 Å². The molecule has 16 heavy (non-hydrogen) atoms. The number of hydrogen-bond acceptors (Lipinski definition) is 3. The molecule has 1 aliphatic heterocycles. The highest BCUT2D eigenvalue weighted by Crippen LogP contribution is 2.23. The largest absolute Gasteiger partial charge is 0.341 e. The molecule has 1 aromatic heterocycles. The fourth-order valence-corrected chi connectivity index (χ4v) is 2.85. The van der Waals surface area contributed by atoms with Gasteiger partial charge in [0.25, 0.3) is 0 Å². The van der Waals surface area contributed by atoms with E-state index in [9.17, 15) is 0 Å². The first kappa shape index (κ1) is 12.1. The minimum absolute atomic E-state index is 0.595. The third-order valence-electron chi connectivity index (χ3n) is 2.93. The summed E-state index contributed by atoms with van der Waals surface area (Å²) in [6.45, 7) is 2.12. The lowest BCUT2D eigenvalue weighted by molar-refractivity contribution is 0.404. The van der Waals surface area contributed by atoms with Gasteiger partial charge in [-0.3, -0.25) is 0 Å². The third-order valence-corrected chi connectivity index (χ3v) is 3.58. The van der Waals surface area contributed by atoms with Crippen molar-refractivity contribution in [3.05, 3.63) is 17.4 Å². The first-order valence-electron chi connectivity index (χ1n) is 5.58. The first-order valence-corrected chi connectivity index (χ1v) is 7.08. The predicted molar refractivity (Wildman–Crippen MR) is 70.4 cm³/mol. The van der Waals surface area contributed by atoms with Gasteiger partial charge >= 0.3 is 0 Å². The molecule has 0 amide bonds. The average Bonchev–Trinajstić information content (AvgIpc) is 2.31. The lowest BCUT2D eigenvalue weighted by atomic mass is 9.96. The fourth-order valence-electron chi connectivity index (χ4n) is 2.11. The Morgan fingerprint density at radius 1 is 1.44 bits per heavy atom. The van der Waals surface area contributed by atoms with Gasteiger partial charge < -0.3 is 4.90 Å². The minimum Gasteiger partial charge on any atom is -0.341 e. The molecule has 88 valence electrons. The van der Waals surface area contributed by atoms with Crippen LogP contribution in [0.25, 0.3) is 0 Å². The van der Waals surface area contributed by atoms with E-state index in [1.807, 2.05) is 0 Å². The van der Waals surface area contributed by atoms with Crippen molar-refractivity contribution < 1.29 is 0 Å². The van der Waals surface area contributed by atoms with Gasteiger partial charge in [0, 0.05) is 18.4 Å². The fraction of sp³-hybridized carbons (Fsp3) is 0.636. The van der Waals surface area contributed by atoms with Crippen LogP contribution in [-0.2, 0) is 0 Å². The summed E-state index contributed by atoms with van der Waals surface area (Å²) in [4.78, 5) is 10.8. The zero-order valence-corrected chi connectivity index (χ0v) is 11.4. The molecule has 0 aliphatic carbocycles. The van der Waals surface area contributed by atoms with E-state index in [-0.39, 0.29) is 0 Å². The molecule has 0 aromatic carbocycles. The van der Waals surface area contributed by atoms with E-state index < -0.39 is 0 Å². The molecule has 1 fully saturated rings. The summed E-state index contributed by atoms with van der Waals surface area (Å²) in [7, 11) is 0. The molecule has 3 nitrogen and oxygen atoms in total. The predicted octanol–water partition coefficient (Wildman–Crippen LogP) is 3.13. The van der Waals surface area contributed by atoms with Gasteiger partial charge in [0.15, 0.2) is 0 Å². The van der Waals surface area contributed by atoms with E-state index in [2.05, 4.69) is 30.8 Å². The van der Waals surface area contributed by atoms with Crippen LogP contribution in [0.2, 0.25) is 5.02 Å². The highest BCUT2D eigenvalue weighted by Gasteiger charge is 2.20. The Morgan fingerprint density at radius 3 is 2.88 bits per heavy atom. The maximum atomic E-state index is 5.78. The van der Waals surface area contributed by atoms with Crippen molar-refractivity contribution in [1.29, 1.82) is 0 Å². The summed E-state index contributed by atoms with van der Waals surface area (Å²) in [5.41, 5.74) is 0. The van der Waals surface area contributed by atoms with Crippen LogP contribution in [0.3, 0.4) is 0 Å². The standard InChI is InChI=1S/C11H15BrClN3/c12-4-3-9-2-1-5-16(8-9)11-14-6-10(13)7-15-11/h6-7,9H,1-5,8H2. The second-order valence-corrected chi connectivity index (χ2v) is 5.36. The van der Waals surface area contributed by atoms with Gasteiger partial charge in [-0.2, -0.15) is 0 Å². The molecule has 1 aromatic rings. The number of anilines is 1. The van der Waals surface area contributed by atoms with Gasteiger partial charge in [-0.15, -0.1) is 0 Å². The zero-order chi connectivity index (χ0) is 11.4. The van der Waals surface area contributed by atoms with Crippen molar-refractivity contribution in [3.63, 3.8) is 0 Å². The van der Waals surface area contributed by atoms with Crippen molar-refractivity contribution in [3.8, 4) is 0 Å². The Morgan fingerprint density at radius 2 is 2.19 bits per heavy atom. The van der Waals surface area contributed by atoms with E-state index in [0.29, 0.717) is 5.02 Å². The van der Waals surface area contributed by atoms with E-state index >= 15 is 0 Å². The maximum Gasteiger partial charge on any atom is 0.225 e. The summed E-state index contributed by atoms with van der Waals surface area (Å²) in [6.07, 6.45) is 7.10. The third kappa shape index (κ3) is 3.08. The molecule has 1 saturated heterocycles.